The minimum atomic E-state index is 0.423. The third-order valence-corrected chi connectivity index (χ3v) is 2.83. The van der Waals surface area contributed by atoms with E-state index in [0.29, 0.717) is 12.6 Å². The fraction of sp³-hybridized carbons (Fsp3) is 0.667. The lowest BCUT2D eigenvalue weighted by Gasteiger charge is -2.29. The number of hydrogen-bond acceptors (Lipinski definition) is 5. The highest BCUT2D eigenvalue weighted by atomic mass is 16.5. The van der Waals surface area contributed by atoms with Crippen LogP contribution < -0.4 is 10.2 Å². The van der Waals surface area contributed by atoms with E-state index < -0.39 is 0 Å². The molecule has 0 aliphatic heterocycles. The molecule has 1 unspecified atom stereocenters. The average molecular weight is 238 g/mol. The summed E-state index contributed by atoms with van der Waals surface area (Å²) in [5, 5.41) is 3.00. The van der Waals surface area contributed by atoms with E-state index in [0.717, 1.165) is 24.6 Å². The van der Waals surface area contributed by atoms with Crippen molar-refractivity contribution < 1.29 is 4.74 Å². The Kier molecular flexibility index (Phi) is 5.69. The Labute approximate surface area is 103 Å². The van der Waals surface area contributed by atoms with Crippen molar-refractivity contribution in [2.75, 3.05) is 37.5 Å². The molecule has 5 nitrogen and oxygen atoms in total. The van der Waals surface area contributed by atoms with Gasteiger partial charge in [-0.1, -0.05) is 6.92 Å². The lowest BCUT2D eigenvalue weighted by atomic mass is 10.2. The van der Waals surface area contributed by atoms with E-state index in [4.69, 9.17) is 4.74 Å². The maximum absolute atomic E-state index is 5.14. The Morgan fingerprint density at radius 3 is 2.82 bits per heavy atom. The van der Waals surface area contributed by atoms with Crippen LogP contribution in [0.4, 0.5) is 11.6 Å². The molecule has 1 atom stereocenters. The Bertz CT molecular complexity index is 332. The molecule has 1 heterocycles. The summed E-state index contributed by atoms with van der Waals surface area (Å²) in [6, 6.07) is 0.423. The zero-order valence-corrected chi connectivity index (χ0v) is 11.1. The largest absolute Gasteiger partial charge is 0.383 e. The molecule has 17 heavy (non-hydrogen) atoms. The smallest absolute Gasteiger partial charge is 0.149 e. The number of anilines is 2. The summed E-state index contributed by atoms with van der Waals surface area (Å²) in [7, 11) is 3.56. The van der Waals surface area contributed by atoms with Gasteiger partial charge in [-0.25, -0.2) is 4.98 Å². The fourth-order valence-electron chi connectivity index (χ4n) is 1.59. The number of aromatic nitrogens is 2. The van der Waals surface area contributed by atoms with Gasteiger partial charge < -0.3 is 15.0 Å². The van der Waals surface area contributed by atoms with Crippen LogP contribution in [0.25, 0.3) is 0 Å². The molecule has 0 aliphatic rings. The topological polar surface area (TPSA) is 50.3 Å². The van der Waals surface area contributed by atoms with Crippen LogP contribution >= 0.6 is 0 Å². The summed E-state index contributed by atoms with van der Waals surface area (Å²) >= 11 is 0. The van der Waals surface area contributed by atoms with E-state index in [1.807, 2.05) is 7.05 Å². The van der Waals surface area contributed by atoms with Gasteiger partial charge in [0.25, 0.3) is 0 Å². The summed E-state index contributed by atoms with van der Waals surface area (Å²) < 4.78 is 5.14. The van der Waals surface area contributed by atoms with Crippen molar-refractivity contribution in [2.24, 2.45) is 0 Å². The molecule has 1 N–H and O–H groups in total. The van der Waals surface area contributed by atoms with E-state index in [-0.39, 0.29) is 0 Å². The van der Waals surface area contributed by atoms with Crippen molar-refractivity contribution in [3.05, 3.63) is 12.4 Å². The van der Waals surface area contributed by atoms with Gasteiger partial charge in [-0.2, -0.15) is 0 Å². The molecule has 1 aromatic heterocycles. The van der Waals surface area contributed by atoms with Gasteiger partial charge in [0.05, 0.1) is 19.0 Å². The van der Waals surface area contributed by atoms with Gasteiger partial charge in [-0.05, 0) is 13.3 Å². The highest BCUT2D eigenvalue weighted by Crippen LogP contribution is 2.16. The minimum absolute atomic E-state index is 0.423. The molecule has 0 radical (unpaired) electrons. The Balaban J connectivity index is 2.86. The van der Waals surface area contributed by atoms with Gasteiger partial charge in [0.2, 0.25) is 0 Å². The summed E-state index contributed by atoms with van der Waals surface area (Å²) in [5.41, 5.74) is 0. The summed E-state index contributed by atoms with van der Waals surface area (Å²) in [4.78, 5) is 10.9. The highest BCUT2D eigenvalue weighted by molar-refractivity contribution is 5.44. The minimum Gasteiger partial charge on any atom is -0.383 e. The molecular formula is C12H22N4O. The fourth-order valence-corrected chi connectivity index (χ4v) is 1.59. The van der Waals surface area contributed by atoms with Gasteiger partial charge in [-0.15, -0.1) is 0 Å². The van der Waals surface area contributed by atoms with Gasteiger partial charge in [0, 0.05) is 26.7 Å². The van der Waals surface area contributed by atoms with Crippen molar-refractivity contribution in [2.45, 2.75) is 26.3 Å². The predicted molar refractivity (Wildman–Crippen MR) is 70.6 cm³/mol. The van der Waals surface area contributed by atoms with Gasteiger partial charge in [0.1, 0.15) is 11.6 Å². The number of methoxy groups -OCH3 is 1. The Hall–Kier alpha value is -1.36. The van der Waals surface area contributed by atoms with Crippen molar-refractivity contribution in [3.8, 4) is 0 Å². The van der Waals surface area contributed by atoms with E-state index in [9.17, 15) is 0 Å². The summed E-state index contributed by atoms with van der Waals surface area (Å²) in [6.45, 7) is 5.87. The first-order valence-electron chi connectivity index (χ1n) is 5.98. The molecule has 0 saturated heterocycles. The zero-order valence-electron chi connectivity index (χ0n) is 11.1. The average Bonchev–Trinajstić information content (AvgIpc) is 2.39. The van der Waals surface area contributed by atoms with Gasteiger partial charge in [0.15, 0.2) is 0 Å². The second-order valence-corrected chi connectivity index (χ2v) is 3.96. The van der Waals surface area contributed by atoms with Gasteiger partial charge >= 0.3 is 0 Å². The number of ether oxygens (including phenoxy) is 1. The molecule has 0 fully saturated rings. The first-order valence-corrected chi connectivity index (χ1v) is 5.98. The first kappa shape index (κ1) is 13.7. The van der Waals surface area contributed by atoms with E-state index >= 15 is 0 Å². The van der Waals surface area contributed by atoms with Crippen molar-refractivity contribution in [3.63, 3.8) is 0 Å². The second-order valence-electron chi connectivity index (χ2n) is 3.96. The van der Waals surface area contributed by atoms with Crippen molar-refractivity contribution >= 4 is 11.6 Å². The van der Waals surface area contributed by atoms with Crippen LogP contribution in [-0.4, -0.2) is 43.3 Å². The number of hydrogen-bond donors (Lipinski definition) is 1. The van der Waals surface area contributed by atoms with Crippen LogP contribution in [0.1, 0.15) is 20.3 Å². The Morgan fingerprint density at radius 2 is 2.24 bits per heavy atom. The van der Waals surface area contributed by atoms with Crippen LogP contribution in [0.5, 0.6) is 0 Å². The maximum Gasteiger partial charge on any atom is 0.149 e. The molecule has 1 aromatic rings. The normalized spacial score (nSPS) is 12.2. The standard InChI is InChI=1S/C12H22N4O/c1-5-10(2)16(6-7-17-4)12-9-14-8-11(13-3)15-12/h8-10H,5-7H2,1-4H3,(H,13,15). The van der Waals surface area contributed by atoms with Crippen LogP contribution in [0, 0.1) is 0 Å². The van der Waals surface area contributed by atoms with E-state index in [2.05, 4.69) is 34.0 Å². The van der Waals surface area contributed by atoms with Crippen LogP contribution in [0.15, 0.2) is 12.4 Å². The molecule has 1 rings (SSSR count). The first-order chi connectivity index (χ1) is 8.22. The molecular weight excluding hydrogens is 216 g/mol. The Morgan fingerprint density at radius 1 is 1.47 bits per heavy atom. The van der Waals surface area contributed by atoms with Crippen molar-refractivity contribution in [1.29, 1.82) is 0 Å². The SMILES string of the molecule is CCC(C)N(CCOC)c1cncc(NC)n1. The molecule has 0 aromatic carbocycles. The highest BCUT2D eigenvalue weighted by Gasteiger charge is 2.14. The van der Waals surface area contributed by atoms with Gasteiger partial charge in [-0.3, -0.25) is 4.98 Å². The van der Waals surface area contributed by atoms with Crippen LogP contribution in [-0.2, 0) is 4.74 Å². The molecule has 5 heteroatoms. The molecule has 0 aliphatic carbocycles. The van der Waals surface area contributed by atoms with Crippen LogP contribution in [0.3, 0.4) is 0 Å². The molecule has 96 valence electrons. The van der Waals surface area contributed by atoms with Crippen LogP contribution in [0.2, 0.25) is 0 Å². The lowest BCUT2D eigenvalue weighted by molar-refractivity contribution is 0.203. The summed E-state index contributed by atoms with van der Waals surface area (Å²) in [6.07, 6.45) is 4.58. The number of nitrogens with zero attached hydrogens (tertiary/aromatic N) is 3. The molecule has 0 saturated carbocycles. The second kappa shape index (κ2) is 7.06. The lowest BCUT2D eigenvalue weighted by Crippen LogP contribution is -2.36. The van der Waals surface area contributed by atoms with E-state index in [1.54, 1.807) is 19.5 Å². The number of rotatable bonds is 7. The molecule has 0 bridgehead atoms. The molecule has 0 amide bonds. The maximum atomic E-state index is 5.14. The predicted octanol–water partition coefficient (Wildman–Crippen LogP) is 1.77. The zero-order chi connectivity index (χ0) is 12.7. The third-order valence-electron chi connectivity index (χ3n) is 2.83. The molecule has 0 spiro atoms. The van der Waals surface area contributed by atoms with E-state index in [1.165, 1.54) is 0 Å². The van der Waals surface area contributed by atoms with Crippen molar-refractivity contribution in [1.82, 2.24) is 9.97 Å². The third kappa shape index (κ3) is 3.85. The quantitative estimate of drug-likeness (QED) is 0.784. The monoisotopic (exact) mass is 238 g/mol. The number of nitrogens with one attached hydrogen (secondary N) is 1. The summed E-state index contributed by atoms with van der Waals surface area (Å²) in [5.74, 6) is 1.68.